The molecule has 0 fully saturated rings. The molecule has 1 N–H and O–H groups in total. The second-order valence-electron chi connectivity index (χ2n) is 5.91. The summed E-state index contributed by atoms with van der Waals surface area (Å²) >= 11 is 0. The Balaban J connectivity index is 2.11. The summed E-state index contributed by atoms with van der Waals surface area (Å²) < 4.78 is 129. The summed E-state index contributed by atoms with van der Waals surface area (Å²) in [6, 6.07) is 3.93. The van der Waals surface area contributed by atoms with Gasteiger partial charge in [-0.05, 0) is 42.5 Å². The molecular weight excluding hydrogens is 466 g/mol. The molecule has 2 aromatic rings. The van der Waals surface area contributed by atoms with Gasteiger partial charge in [0.25, 0.3) is 5.91 Å². The van der Waals surface area contributed by atoms with Crippen LogP contribution < -0.4 is 10.1 Å². The molecule has 31 heavy (non-hydrogen) atoms. The Morgan fingerprint density at radius 2 is 1.39 bits per heavy atom. The minimum atomic E-state index is -5.10. The maximum atomic E-state index is 12.8. The van der Waals surface area contributed by atoms with Crippen molar-refractivity contribution in [3.05, 3.63) is 53.6 Å². The number of carbonyl (C=O) groups excluding carboxylic acids is 1. The number of benzene rings is 2. The van der Waals surface area contributed by atoms with Crippen molar-refractivity contribution in [1.82, 2.24) is 0 Å². The van der Waals surface area contributed by atoms with Crippen molar-refractivity contribution in [3.8, 4) is 5.75 Å². The molecule has 170 valence electrons. The van der Waals surface area contributed by atoms with E-state index in [0.29, 0.717) is 0 Å². The van der Waals surface area contributed by atoms with E-state index < -0.39 is 62.2 Å². The molecule has 0 aliphatic carbocycles. The number of amides is 1. The molecule has 0 aromatic heterocycles. The Kier molecular flexibility index (Phi) is 6.83. The third-order valence-electron chi connectivity index (χ3n) is 3.63. The average Bonchev–Trinajstić information content (AvgIpc) is 2.65. The third-order valence-corrected chi connectivity index (χ3v) is 5.03. The third kappa shape index (κ3) is 6.29. The zero-order valence-corrected chi connectivity index (χ0v) is 15.7. The summed E-state index contributed by atoms with van der Waals surface area (Å²) in [6.45, 7) is -0.990. The number of anilines is 1. The lowest BCUT2D eigenvalue weighted by molar-refractivity contribution is -0.143. The molecule has 0 aliphatic rings. The van der Waals surface area contributed by atoms with Crippen molar-refractivity contribution in [2.24, 2.45) is 0 Å². The lowest BCUT2D eigenvalue weighted by Gasteiger charge is -2.15. The van der Waals surface area contributed by atoms with Crippen LogP contribution in [0, 0.1) is 0 Å². The Morgan fingerprint density at radius 3 is 1.81 bits per heavy atom. The molecule has 0 bridgehead atoms. The van der Waals surface area contributed by atoms with Gasteiger partial charge in [0, 0.05) is 5.69 Å². The van der Waals surface area contributed by atoms with Gasteiger partial charge in [-0.25, -0.2) is 8.42 Å². The number of alkyl halides is 8. The van der Waals surface area contributed by atoms with Crippen LogP contribution in [0.15, 0.2) is 47.4 Å². The van der Waals surface area contributed by atoms with Crippen molar-refractivity contribution in [2.45, 2.75) is 23.0 Å². The van der Waals surface area contributed by atoms with E-state index in [2.05, 4.69) is 5.32 Å². The van der Waals surface area contributed by atoms with E-state index in [1.807, 2.05) is 0 Å². The minimum Gasteiger partial charge on any atom is -0.484 e. The Labute approximate surface area is 169 Å². The summed E-state index contributed by atoms with van der Waals surface area (Å²) in [5, 5.41) is 2.12. The average molecular weight is 477 g/mol. The van der Waals surface area contributed by atoms with Gasteiger partial charge in [0.15, 0.2) is 6.61 Å². The van der Waals surface area contributed by atoms with Crippen LogP contribution in [0.1, 0.15) is 11.1 Å². The standard InChI is InChI=1S/C17H11F8NO4S/c18-15(19)31(28,29)13-3-1-11(2-4-13)26-14(27)8-30-12-6-9(16(20,21)22)5-10(7-12)17(23,24)25/h1-7,15H,8H2,(H,26,27). The summed E-state index contributed by atoms with van der Waals surface area (Å²) in [5.41, 5.74) is -3.34. The van der Waals surface area contributed by atoms with E-state index in [1.165, 1.54) is 0 Å². The molecule has 0 unspecified atom stereocenters. The van der Waals surface area contributed by atoms with Crippen LogP contribution in [0.5, 0.6) is 5.75 Å². The molecule has 0 heterocycles. The molecule has 5 nitrogen and oxygen atoms in total. The van der Waals surface area contributed by atoms with Gasteiger partial charge in [-0.15, -0.1) is 0 Å². The van der Waals surface area contributed by atoms with Crippen molar-refractivity contribution in [2.75, 3.05) is 11.9 Å². The quantitative estimate of drug-likeness (QED) is 0.611. The predicted octanol–water partition coefficient (Wildman–Crippen LogP) is 4.74. The number of rotatable bonds is 6. The highest BCUT2D eigenvalue weighted by atomic mass is 32.2. The van der Waals surface area contributed by atoms with E-state index >= 15 is 0 Å². The fourth-order valence-corrected chi connectivity index (χ4v) is 2.91. The van der Waals surface area contributed by atoms with Crippen molar-refractivity contribution in [1.29, 1.82) is 0 Å². The molecule has 1 amide bonds. The molecule has 14 heteroatoms. The van der Waals surface area contributed by atoms with Gasteiger partial charge in [-0.2, -0.15) is 35.1 Å². The Morgan fingerprint density at radius 1 is 0.903 bits per heavy atom. The van der Waals surface area contributed by atoms with Crippen LogP contribution in [0.25, 0.3) is 0 Å². The first-order chi connectivity index (χ1) is 14.1. The SMILES string of the molecule is O=C(COc1cc(C(F)(F)F)cc(C(F)(F)F)c1)Nc1ccc(S(=O)(=O)C(F)F)cc1. The van der Waals surface area contributed by atoms with Crippen LogP contribution in [-0.2, 0) is 27.0 Å². The molecule has 0 atom stereocenters. The number of hydrogen-bond acceptors (Lipinski definition) is 4. The zero-order valence-electron chi connectivity index (χ0n) is 14.9. The number of nitrogens with one attached hydrogen (secondary N) is 1. The van der Waals surface area contributed by atoms with Crippen molar-refractivity contribution < 1.29 is 53.1 Å². The number of ether oxygens (including phenoxy) is 1. The van der Waals surface area contributed by atoms with Crippen LogP contribution in [0.3, 0.4) is 0 Å². The maximum absolute atomic E-state index is 12.8. The topological polar surface area (TPSA) is 72.5 Å². The van der Waals surface area contributed by atoms with Crippen molar-refractivity contribution >= 4 is 21.4 Å². The highest BCUT2D eigenvalue weighted by Gasteiger charge is 2.37. The van der Waals surface area contributed by atoms with Gasteiger partial charge in [0.1, 0.15) is 5.75 Å². The van der Waals surface area contributed by atoms with Crippen molar-refractivity contribution in [3.63, 3.8) is 0 Å². The Hall–Kier alpha value is -2.90. The summed E-state index contributed by atoms with van der Waals surface area (Å²) in [4.78, 5) is 11.1. The van der Waals surface area contributed by atoms with E-state index in [9.17, 15) is 48.3 Å². The molecule has 0 spiro atoms. The van der Waals surface area contributed by atoms with Gasteiger partial charge < -0.3 is 10.1 Å². The lowest BCUT2D eigenvalue weighted by Crippen LogP contribution is -2.21. The van der Waals surface area contributed by atoms with Gasteiger partial charge in [0.05, 0.1) is 16.0 Å². The number of carbonyl (C=O) groups is 1. The monoisotopic (exact) mass is 477 g/mol. The highest BCUT2D eigenvalue weighted by molar-refractivity contribution is 7.91. The van der Waals surface area contributed by atoms with E-state index in [4.69, 9.17) is 4.74 Å². The molecular formula is C17H11F8NO4S. The number of hydrogen-bond donors (Lipinski definition) is 1. The van der Waals surface area contributed by atoms with Gasteiger partial charge in [-0.3, -0.25) is 4.79 Å². The normalized spacial score (nSPS) is 12.7. The molecule has 2 aromatic carbocycles. The second kappa shape index (κ2) is 8.69. The zero-order chi connectivity index (χ0) is 23.6. The van der Waals surface area contributed by atoms with E-state index in [1.54, 1.807) is 0 Å². The van der Waals surface area contributed by atoms with E-state index in [-0.39, 0.29) is 23.9 Å². The largest absolute Gasteiger partial charge is 0.484 e. The predicted molar refractivity (Wildman–Crippen MR) is 90.2 cm³/mol. The fraction of sp³-hybridized carbons (Fsp3) is 0.235. The molecule has 0 radical (unpaired) electrons. The second-order valence-corrected chi connectivity index (χ2v) is 7.83. The van der Waals surface area contributed by atoms with E-state index in [0.717, 1.165) is 24.3 Å². The fourth-order valence-electron chi connectivity index (χ4n) is 2.19. The van der Waals surface area contributed by atoms with Crippen LogP contribution in [-0.4, -0.2) is 26.7 Å². The first-order valence-electron chi connectivity index (χ1n) is 7.95. The van der Waals surface area contributed by atoms with Gasteiger partial charge >= 0.3 is 18.1 Å². The molecule has 0 saturated carbocycles. The minimum absolute atomic E-state index is 0.0816. The van der Waals surface area contributed by atoms with Gasteiger partial charge in [0.2, 0.25) is 9.84 Å². The van der Waals surface area contributed by atoms with Gasteiger partial charge in [-0.1, -0.05) is 0 Å². The number of halogens is 8. The van der Waals surface area contributed by atoms with Crippen LogP contribution >= 0.6 is 0 Å². The summed E-state index contributed by atoms with van der Waals surface area (Å²) in [6.07, 6.45) is -10.2. The summed E-state index contributed by atoms with van der Waals surface area (Å²) in [7, 11) is -4.86. The Bertz CT molecular complexity index is 1020. The number of sulfone groups is 1. The first-order valence-corrected chi connectivity index (χ1v) is 9.49. The molecule has 0 aliphatic heterocycles. The summed E-state index contributed by atoms with van der Waals surface area (Å²) in [5.74, 6) is -5.54. The maximum Gasteiger partial charge on any atom is 0.416 e. The van der Waals surface area contributed by atoms with Crippen LogP contribution in [0.2, 0.25) is 0 Å². The lowest BCUT2D eigenvalue weighted by atomic mass is 10.1. The highest BCUT2D eigenvalue weighted by Crippen LogP contribution is 2.38. The molecule has 2 rings (SSSR count). The first kappa shape index (κ1) is 24.4. The van der Waals surface area contributed by atoms with Crippen LogP contribution in [0.4, 0.5) is 40.8 Å². The smallest absolute Gasteiger partial charge is 0.416 e. The molecule has 0 saturated heterocycles.